The number of nitrogens with zero attached hydrogens (tertiary/aromatic N) is 1. The first-order valence-electron chi connectivity index (χ1n) is 7.23. The van der Waals surface area contributed by atoms with Gasteiger partial charge in [0.25, 0.3) is 5.91 Å². The molecule has 0 bridgehead atoms. The summed E-state index contributed by atoms with van der Waals surface area (Å²) in [5.74, 6) is 5.17. The Morgan fingerprint density at radius 2 is 1.76 bits per heavy atom. The van der Waals surface area contributed by atoms with E-state index in [0.29, 0.717) is 27.3 Å². The van der Waals surface area contributed by atoms with Crippen molar-refractivity contribution in [3.05, 3.63) is 62.7 Å². The average Bonchev–Trinajstić information content (AvgIpc) is 2.57. The number of amides is 1. The maximum Gasteiger partial charge on any atom is 0.258 e. The Morgan fingerprint density at radius 3 is 2.40 bits per heavy atom. The van der Waals surface area contributed by atoms with Gasteiger partial charge >= 0.3 is 0 Å². The Labute approximate surface area is 159 Å². The second kappa shape index (κ2) is 7.06. The van der Waals surface area contributed by atoms with Crippen molar-refractivity contribution in [1.82, 2.24) is 4.98 Å². The summed E-state index contributed by atoms with van der Waals surface area (Å²) in [6.45, 7) is 1.85. The molecule has 0 aliphatic rings. The van der Waals surface area contributed by atoms with E-state index < -0.39 is 5.91 Å². The van der Waals surface area contributed by atoms with Crippen LogP contribution in [0.15, 0.2) is 36.5 Å². The normalized spacial score (nSPS) is 10.8. The van der Waals surface area contributed by atoms with Gasteiger partial charge in [0.2, 0.25) is 0 Å². The number of aromatic nitrogens is 1. The zero-order valence-corrected chi connectivity index (χ0v) is 15.3. The molecule has 2 aromatic carbocycles. The standard InChI is InChI=1S/C17H13Cl3N4O/c1-8-7-22-16-12(6-5-11(20)14(16)15(8)24-21)23-17(25)13-9(18)3-2-4-10(13)19/h2-7H,21H2,1H3,(H,22,24)(H,23,25). The predicted octanol–water partition coefficient (Wildman–Crippen LogP) is 5.04. The number of nitrogens with two attached hydrogens (primary N) is 1. The summed E-state index contributed by atoms with van der Waals surface area (Å²) in [7, 11) is 0. The van der Waals surface area contributed by atoms with Crippen LogP contribution in [0, 0.1) is 6.92 Å². The SMILES string of the molecule is Cc1cnc2c(NC(=O)c3c(Cl)cccc3Cl)ccc(Cl)c2c1NN. The quantitative estimate of drug-likeness (QED) is 0.428. The molecule has 1 amide bonds. The molecule has 0 radical (unpaired) electrons. The molecule has 0 aliphatic carbocycles. The molecule has 0 unspecified atom stereocenters. The minimum atomic E-state index is -0.441. The molecule has 3 aromatic rings. The minimum absolute atomic E-state index is 0.193. The molecule has 0 atom stereocenters. The van der Waals surface area contributed by atoms with Crippen molar-refractivity contribution in [2.75, 3.05) is 10.7 Å². The predicted molar refractivity (Wildman–Crippen MR) is 104 cm³/mol. The number of benzene rings is 2. The summed E-state index contributed by atoms with van der Waals surface area (Å²) >= 11 is 18.5. The van der Waals surface area contributed by atoms with Gasteiger partial charge < -0.3 is 10.7 Å². The van der Waals surface area contributed by atoms with Crippen LogP contribution in [0.2, 0.25) is 15.1 Å². The van der Waals surface area contributed by atoms with Gasteiger partial charge in [0.05, 0.1) is 37.5 Å². The molecule has 0 spiro atoms. The van der Waals surface area contributed by atoms with Crippen LogP contribution in [0.4, 0.5) is 11.4 Å². The Bertz CT molecular complexity index is 971. The number of fused-ring (bicyclic) bond motifs is 1. The van der Waals surface area contributed by atoms with E-state index in [1.165, 1.54) is 0 Å². The molecule has 3 rings (SSSR count). The summed E-state index contributed by atoms with van der Waals surface area (Å²) in [6, 6.07) is 8.19. The number of pyridine rings is 1. The highest BCUT2D eigenvalue weighted by Gasteiger charge is 2.18. The number of hydrogen-bond donors (Lipinski definition) is 3. The highest BCUT2D eigenvalue weighted by molar-refractivity contribution is 6.41. The lowest BCUT2D eigenvalue weighted by molar-refractivity contribution is 0.102. The highest BCUT2D eigenvalue weighted by atomic mass is 35.5. The maximum absolute atomic E-state index is 12.6. The van der Waals surface area contributed by atoms with Crippen LogP contribution in [0.3, 0.4) is 0 Å². The van der Waals surface area contributed by atoms with E-state index in [2.05, 4.69) is 15.7 Å². The van der Waals surface area contributed by atoms with E-state index in [9.17, 15) is 4.79 Å². The van der Waals surface area contributed by atoms with Crippen molar-refractivity contribution >= 4 is 63.0 Å². The van der Waals surface area contributed by atoms with Crippen molar-refractivity contribution in [2.24, 2.45) is 5.84 Å². The number of aryl methyl sites for hydroxylation is 1. The summed E-state index contributed by atoms with van der Waals surface area (Å²) in [5.41, 5.74) is 5.26. The van der Waals surface area contributed by atoms with Crippen LogP contribution < -0.4 is 16.6 Å². The number of hydrogen-bond acceptors (Lipinski definition) is 4. The van der Waals surface area contributed by atoms with Crippen LogP contribution in [-0.2, 0) is 0 Å². The largest absolute Gasteiger partial charge is 0.323 e. The van der Waals surface area contributed by atoms with E-state index in [1.807, 2.05) is 6.92 Å². The number of carbonyl (C=O) groups excluding carboxylic acids is 1. The molecule has 1 heterocycles. The van der Waals surface area contributed by atoms with Gasteiger partial charge in [-0.25, -0.2) is 0 Å². The molecule has 8 heteroatoms. The number of carbonyl (C=O) groups is 1. The van der Waals surface area contributed by atoms with E-state index in [-0.39, 0.29) is 15.6 Å². The van der Waals surface area contributed by atoms with Crippen molar-refractivity contribution < 1.29 is 4.79 Å². The molecular weight excluding hydrogens is 383 g/mol. The zero-order valence-electron chi connectivity index (χ0n) is 13.0. The number of halogens is 3. The van der Waals surface area contributed by atoms with Crippen LogP contribution in [-0.4, -0.2) is 10.9 Å². The van der Waals surface area contributed by atoms with Crippen LogP contribution in [0.25, 0.3) is 10.9 Å². The Morgan fingerprint density at radius 1 is 1.08 bits per heavy atom. The average molecular weight is 396 g/mol. The smallest absolute Gasteiger partial charge is 0.258 e. The van der Waals surface area contributed by atoms with Crippen molar-refractivity contribution in [3.8, 4) is 0 Å². The Kier molecular flexibility index (Phi) is 5.01. The third-order valence-electron chi connectivity index (χ3n) is 3.74. The number of nitrogen functional groups attached to an aromatic ring is 1. The number of rotatable bonds is 3. The fraction of sp³-hybridized carbons (Fsp3) is 0.0588. The molecule has 0 saturated carbocycles. The van der Waals surface area contributed by atoms with Crippen LogP contribution in [0.5, 0.6) is 0 Å². The zero-order chi connectivity index (χ0) is 18.1. The second-order valence-corrected chi connectivity index (χ2v) is 6.55. The topological polar surface area (TPSA) is 80.0 Å². The highest BCUT2D eigenvalue weighted by Crippen LogP contribution is 2.36. The van der Waals surface area contributed by atoms with E-state index in [1.54, 1.807) is 36.5 Å². The van der Waals surface area contributed by atoms with E-state index in [4.69, 9.17) is 40.6 Å². The molecule has 0 aliphatic heterocycles. The van der Waals surface area contributed by atoms with Gasteiger partial charge in [-0.05, 0) is 36.8 Å². The van der Waals surface area contributed by atoms with Crippen LogP contribution >= 0.6 is 34.8 Å². The first-order valence-corrected chi connectivity index (χ1v) is 8.37. The molecule has 0 fully saturated rings. The molecule has 128 valence electrons. The number of nitrogens with one attached hydrogen (secondary N) is 2. The van der Waals surface area contributed by atoms with E-state index in [0.717, 1.165) is 5.56 Å². The lowest BCUT2D eigenvalue weighted by atomic mass is 10.1. The number of hydrazine groups is 1. The molecule has 1 aromatic heterocycles. The number of anilines is 2. The van der Waals surface area contributed by atoms with Crippen molar-refractivity contribution in [2.45, 2.75) is 6.92 Å². The van der Waals surface area contributed by atoms with Gasteiger partial charge in [-0.15, -0.1) is 0 Å². The minimum Gasteiger partial charge on any atom is -0.323 e. The van der Waals surface area contributed by atoms with Crippen LogP contribution in [0.1, 0.15) is 15.9 Å². The molecule has 5 nitrogen and oxygen atoms in total. The van der Waals surface area contributed by atoms with Gasteiger partial charge in [-0.1, -0.05) is 40.9 Å². The molecule has 25 heavy (non-hydrogen) atoms. The molecular formula is C17H13Cl3N4O. The lowest BCUT2D eigenvalue weighted by Gasteiger charge is -2.14. The second-order valence-electron chi connectivity index (χ2n) is 5.33. The third-order valence-corrected chi connectivity index (χ3v) is 4.69. The maximum atomic E-state index is 12.6. The first-order chi connectivity index (χ1) is 11.9. The summed E-state index contributed by atoms with van der Waals surface area (Å²) in [6.07, 6.45) is 1.64. The van der Waals surface area contributed by atoms with Crippen molar-refractivity contribution in [1.29, 1.82) is 0 Å². The molecule has 0 saturated heterocycles. The van der Waals surface area contributed by atoms with Crippen molar-refractivity contribution in [3.63, 3.8) is 0 Å². The van der Waals surface area contributed by atoms with Gasteiger partial charge in [-0.2, -0.15) is 0 Å². The molecule has 4 N–H and O–H groups in total. The lowest BCUT2D eigenvalue weighted by Crippen LogP contribution is -2.14. The van der Waals surface area contributed by atoms with Gasteiger partial charge in [0, 0.05) is 11.6 Å². The summed E-state index contributed by atoms with van der Waals surface area (Å²) in [5, 5.41) is 4.39. The van der Waals surface area contributed by atoms with E-state index >= 15 is 0 Å². The van der Waals surface area contributed by atoms with Gasteiger partial charge in [-0.3, -0.25) is 15.6 Å². The van der Waals surface area contributed by atoms with Gasteiger partial charge in [0.1, 0.15) is 0 Å². The summed E-state index contributed by atoms with van der Waals surface area (Å²) in [4.78, 5) is 17.0. The third kappa shape index (κ3) is 3.24. The fourth-order valence-corrected chi connectivity index (χ4v) is 3.36. The van der Waals surface area contributed by atoms with Gasteiger partial charge in [0.15, 0.2) is 0 Å². The Hall–Kier alpha value is -2.05. The first kappa shape index (κ1) is 17.8. The fourth-order valence-electron chi connectivity index (χ4n) is 2.55. The monoisotopic (exact) mass is 394 g/mol. The summed E-state index contributed by atoms with van der Waals surface area (Å²) < 4.78 is 0. The Balaban J connectivity index is 2.11.